The van der Waals surface area contributed by atoms with Crippen LogP contribution >= 0.6 is 11.8 Å². The average Bonchev–Trinajstić information content (AvgIpc) is 3.36. The maximum Gasteiger partial charge on any atom is 0.246 e. The number of nitrogens with two attached hydrogens (primary N) is 1. The van der Waals surface area contributed by atoms with Crippen LogP contribution in [0.1, 0.15) is 18.2 Å². The maximum absolute atomic E-state index is 13.1. The van der Waals surface area contributed by atoms with Gasteiger partial charge in [-0.15, -0.1) is 11.8 Å². The molecule has 1 amide bonds. The van der Waals surface area contributed by atoms with Gasteiger partial charge < -0.3 is 30.7 Å². The predicted molar refractivity (Wildman–Crippen MR) is 165 cm³/mol. The van der Waals surface area contributed by atoms with Crippen molar-refractivity contribution in [2.24, 2.45) is 11.7 Å². The van der Waals surface area contributed by atoms with Gasteiger partial charge in [-0.25, -0.2) is 0 Å². The monoisotopic (exact) mass is 576 g/mol. The number of morpholine rings is 1. The molecule has 4 N–H and O–H groups in total. The third kappa shape index (κ3) is 6.95. The van der Waals surface area contributed by atoms with Crippen molar-refractivity contribution in [3.8, 4) is 11.5 Å². The van der Waals surface area contributed by atoms with Gasteiger partial charge in [-0.3, -0.25) is 14.7 Å². The van der Waals surface area contributed by atoms with Gasteiger partial charge in [-0.1, -0.05) is 13.0 Å². The molecule has 218 valence electrons. The van der Waals surface area contributed by atoms with Crippen molar-refractivity contribution < 1.29 is 14.3 Å². The van der Waals surface area contributed by atoms with Crippen LogP contribution in [0.15, 0.2) is 70.6 Å². The predicted octanol–water partition coefficient (Wildman–Crippen LogP) is 3.99. The Morgan fingerprint density at radius 2 is 2.05 bits per heavy atom. The van der Waals surface area contributed by atoms with Gasteiger partial charge in [-0.2, -0.15) is 0 Å². The number of carbonyl (C=O) groups excluding carboxylic acids is 1. The lowest BCUT2D eigenvalue weighted by Gasteiger charge is -2.32. The van der Waals surface area contributed by atoms with E-state index in [1.165, 1.54) is 10.5 Å². The van der Waals surface area contributed by atoms with E-state index in [0.29, 0.717) is 24.7 Å². The van der Waals surface area contributed by atoms with Crippen molar-refractivity contribution in [1.82, 2.24) is 20.1 Å². The van der Waals surface area contributed by atoms with Gasteiger partial charge in [0.2, 0.25) is 5.91 Å². The Balaban J connectivity index is 1.28. The fourth-order valence-electron chi connectivity index (χ4n) is 5.43. The molecule has 41 heavy (non-hydrogen) atoms. The topological polar surface area (TPSA) is 105 Å². The standard InChI is InChI=1S/C31H40N6O3S/c1-20-16-23(8-10-25(20)40-24-9-7-22(3)34-17-24)35-30(32)29-28-21(2)18-37(19-26(28)41-31(29)33-4)27(38)6-5-11-36-12-14-39-15-13-36/h5-10,16-17,21,31,33,35H,11-15,18-19,32H2,1-4H3/b6-5+,30-29+. The number of anilines is 1. The van der Waals surface area contributed by atoms with Crippen LogP contribution in [0.5, 0.6) is 11.5 Å². The van der Waals surface area contributed by atoms with Crippen LogP contribution in [0.2, 0.25) is 0 Å². The SMILES string of the molecule is CNC1SC2=C(/C1=C(/N)Nc1ccc(Oc3ccc(C)nc3)c(C)c1)C(C)CN(C(=O)/C=C/CN1CCOCC1)C2. The molecule has 0 radical (unpaired) electrons. The number of likely N-dealkylation sites (N-methyl/N-ethyl adjacent to an activating group) is 1. The molecular formula is C31H40N6O3S. The van der Waals surface area contributed by atoms with E-state index in [1.807, 2.05) is 62.2 Å². The second-order valence-electron chi connectivity index (χ2n) is 10.7. The summed E-state index contributed by atoms with van der Waals surface area (Å²) in [4.78, 5) is 22.8. The lowest BCUT2D eigenvalue weighted by atomic mass is 9.89. The zero-order valence-corrected chi connectivity index (χ0v) is 25.1. The number of hydrogen-bond donors (Lipinski definition) is 3. The molecular weight excluding hydrogens is 536 g/mol. The molecule has 1 aromatic heterocycles. The van der Waals surface area contributed by atoms with Crippen LogP contribution in [-0.4, -0.2) is 79.1 Å². The van der Waals surface area contributed by atoms with E-state index in [4.69, 9.17) is 15.2 Å². The highest BCUT2D eigenvalue weighted by atomic mass is 32.2. The summed E-state index contributed by atoms with van der Waals surface area (Å²) < 4.78 is 11.4. The molecule has 4 heterocycles. The molecule has 1 fully saturated rings. The van der Waals surface area contributed by atoms with Crippen molar-refractivity contribution >= 4 is 23.4 Å². The lowest BCUT2D eigenvalue weighted by molar-refractivity contribution is -0.126. The van der Waals surface area contributed by atoms with E-state index in [-0.39, 0.29) is 17.2 Å². The number of nitrogens with one attached hydrogen (secondary N) is 2. The number of carbonyl (C=O) groups is 1. The van der Waals surface area contributed by atoms with Crippen LogP contribution in [-0.2, 0) is 9.53 Å². The third-order valence-electron chi connectivity index (χ3n) is 7.59. The summed E-state index contributed by atoms with van der Waals surface area (Å²) in [5.41, 5.74) is 11.9. The van der Waals surface area contributed by atoms with Crippen molar-refractivity contribution in [2.45, 2.75) is 26.1 Å². The third-order valence-corrected chi connectivity index (χ3v) is 8.93. The van der Waals surface area contributed by atoms with Crippen LogP contribution < -0.4 is 21.1 Å². The molecule has 1 aromatic carbocycles. The Morgan fingerprint density at radius 1 is 1.24 bits per heavy atom. The summed E-state index contributed by atoms with van der Waals surface area (Å²) in [6, 6.07) is 9.79. The number of pyridine rings is 1. The first-order chi connectivity index (χ1) is 19.8. The first-order valence-electron chi connectivity index (χ1n) is 14.1. The van der Waals surface area contributed by atoms with Gasteiger partial charge in [0.15, 0.2) is 0 Å². The summed E-state index contributed by atoms with van der Waals surface area (Å²) in [5.74, 6) is 2.31. The molecule has 0 bridgehead atoms. The van der Waals surface area contributed by atoms with E-state index in [9.17, 15) is 4.79 Å². The second kappa shape index (κ2) is 13.1. The number of benzene rings is 1. The van der Waals surface area contributed by atoms with Crippen molar-refractivity contribution in [2.75, 3.05) is 58.3 Å². The van der Waals surface area contributed by atoms with Crippen LogP contribution in [0, 0.1) is 19.8 Å². The normalized spacial score (nSPS) is 22.7. The Bertz CT molecular complexity index is 1350. The molecule has 1 saturated heterocycles. The molecule has 0 aliphatic carbocycles. The van der Waals surface area contributed by atoms with E-state index >= 15 is 0 Å². The van der Waals surface area contributed by atoms with Crippen LogP contribution in [0.25, 0.3) is 0 Å². The van der Waals surface area contributed by atoms with E-state index in [2.05, 4.69) is 27.4 Å². The minimum absolute atomic E-state index is 0.0135. The van der Waals surface area contributed by atoms with E-state index in [1.54, 1.807) is 24.0 Å². The van der Waals surface area contributed by atoms with Crippen molar-refractivity contribution in [1.29, 1.82) is 0 Å². The Kier molecular flexibility index (Phi) is 9.34. The summed E-state index contributed by atoms with van der Waals surface area (Å²) in [6.45, 7) is 11.5. The first kappa shape index (κ1) is 29.2. The Morgan fingerprint density at radius 3 is 2.76 bits per heavy atom. The molecule has 0 saturated carbocycles. The average molecular weight is 577 g/mol. The molecule has 5 rings (SSSR count). The first-order valence-corrected chi connectivity index (χ1v) is 15.0. The zero-order valence-electron chi connectivity index (χ0n) is 24.3. The molecule has 2 unspecified atom stereocenters. The summed E-state index contributed by atoms with van der Waals surface area (Å²) in [6.07, 6.45) is 5.43. The second-order valence-corrected chi connectivity index (χ2v) is 11.9. The molecule has 3 aliphatic heterocycles. The highest BCUT2D eigenvalue weighted by Gasteiger charge is 2.39. The fraction of sp³-hybridized carbons (Fsp3) is 0.419. The number of hydrogen-bond acceptors (Lipinski definition) is 9. The van der Waals surface area contributed by atoms with Crippen molar-refractivity contribution in [3.05, 3.63) is 81.8 Å². The maximum atomic E-state index is 13.1. The minimum Gasteiger partial charge on any atom is -0.455 e. The smallest absolute Gasteiger partial charge is 0.246 e. The number of nitrogens with zero attached hydrogens (tertiary/aromatic N) is 3. The molecule has 3 aliphatic rings. The minimum atomic E-state index is 0.0135. The molecule has 2 aromatic rings. The fourth-order valence-corrected chi connectivity index (χ4v) is 6.88. The highest BCUT2D eigenvalue weighted by molar-refractivity contribution is 8.04. The number of aromatic nitrogens is 1. The molecule has 0 spiro atoms. The molecule has 10 heteroatoms. The Hall–Kier alpha value is -3.31. The summed E-state index contributed by atoms with van der Waals surface area (Å²) >= 11 is 1.75. The van der Waals surface area contributed by atoms with Gasteiger partial charge in [-0.05, 0) is 62.4 Å². The van der Waals surface area contributed by atoms with Crippen molar-refractivity contribution in [3.63, 3.8) is 0 Å². The Labute approximate surface area is 246 Å². The van der Waals surface area contributed by atoms with Crippen LogP contribution in [0.4, 0.5) is 5.69 Å². The quantitative estimate of drug-likeness (QED) is 0.403. The highest BCUT2D eigenvalue weighted by Crippen LogP contribution is 2.47. The lowest BCUT2D eigenvalue weighted by Crippen LogP contribution is -2.39. The van der Waals surface area contributed by atoms with E-state index in [0.717, 1.165) is 61.1 Å². The number of thioether (sulfide) groups is 1. The number of rotatable bonds is 8. The summed E-state index contributed by atoms with van der Waals surface area (Å²) in [5, 5.41) is 6.85. The number of aryl methyl sites for hydroxylation is 2. The number of amides is 1. The van der Waals surface area contributed by atoms with Gasteiger partial charge in [0.1, 0.15) is 17.3 Å². The molecule has 9 nitrogen and oxygen atoms in total. The van der Waals surface area contributed by atoms with Crippen LogP contribution in [0.3, 0.4) is 0 Å². The summed E-state index contributed by atoms with van der Waals surface area (Å²) in [7, 11) is 1.95. The van der Waals surface area contributed by atoms with Gasteiger partial charge in [0.25, 0.3) is 0 Å². The van der Waals surface area contributed by atoms with Gasteiger partial charge in [0, 0.05) is 60.0 Å². The zero-order chi connectivity index (χ0) is 28.9. The van der Waals surface area contributed by atoms with E-state index < -0.39 is 0 Å². The van der Waals surface area contributed by atoms with Gasteiger partial charge >= 0.3 is 0 Å². The number of ether oxygens (including phenoxy) is 2. The molecule has 2 atom stereocenters. The largest absolute Gasteiger partial charge is 0.455 e. The van der Waals surface area contributed by atoms with Gasteiger partial charge in [0.05, 0.1) is 31.3 Å².